The lowest BCUT2D eigenvalue weighted by Gasteiger charge is -2.27. The van der Waals surface area contributed by atoms with Gasteiger partial charge in [-0.3, -0.25) is 28.9 Å². The minimum absolute atomic E-state index is 0.00709. The van der Waals surface area contributed by atoms with Gasteiger partial charge in [-0.1, -0.05) is 42.5 Å². The third-order valence-electron chi connectivity index (χ3n) is 9.25. The van der Waals surface area contributed by atoms with Crippen molar-refractivity contribution in [2.24, 2.45) is 0 Å². The minimum atomic E-state index is -1.44. The van der Waals surface area contributed by atoms with Gasteiger partial charge in [-0.25, -0.2) is 4.68 Å². The van der Waals surface area contributed by atoms with Crippen LogP contribution in [0.5, 0.6) is 11.5 Å². The molecule has 5 amide bonds. The molecule has 1 fully saturated rings. The molecule has 1 aromatic heterocycles. The fourth-order valence-corrected chi connectivity index (χ4v) is 6.29. The number of fused-ring (bicyclic) bond motifs is 5. The van der Waals surface area contributed by atoms with Crippen molar-refractivity contribution in [3.05, 3.63) is 71.5 Å². The van der Waals surface area contributed by atoms with Crippen LogP contribution in [-0.4, -0.2) is 118 Å². The molecule has 0 radical (unpaired) electrons. The smallest absolute Gasteiger partial charge is 0.255 e. The average molecular weight is 734 g/mol. The van der Waals surface area contributed by atoms with E-state index in [1.807, 2.05) is 30.3 Å². The van der Waals surface area contributed by atoms with Gasteiger partial charge in [-0.05, 0) is 44.5 Å². The average Bonchev–Trinajstić information content (AvgIpc) is 3.76. The molecule has 0 spiro atoms. The number of nitrogens with zero attached hydrogens (tertiary/aromatic N) is 4. The van der Waals surface area contributed by atoms with Gasteiger partial charge in [-0.15, -0.1) is 5.10 Å². The SMILES string of the molecule is CC[C@@H]1NC(=O)[C@@H]2C[C@@H](CN2C)NC(=O)c2ccc(OC)cc2OCCn2cc(nn2)CNC(=O)[C@H](Cc2ccccc2)NC(=O)[C@H]([C@@H](C)O)NC1=O. The van der Waals surface area contributed by atoms with Crippen molar-refractivity contribution in [2.75, 3.05) is 27.3 Å². The highest BCUT2D eigenvalue weighted by atomic mass is 16.5. The van der Waals surface area contributed by atoms with Crippen LogP contribution in [0.3, 0.4) is 0 Å². The van der Waals surface area contributed by atoms with E-state index >= 15 is 0 Å². The Hall–Kier alpha value is -5.55. The first-order valence-corrected chi connectivity index (χ1v) is 17.6. The second-order valence-electron chi connectivity index (χ2n) is 13.2. The summed E-state index contributed by atoms with van der Waals surface area (Å²) >= 11 is 0. The predicted molar refractivity (Wildman–Crippen MR) is 191 cm³/mol. The van der Waals surface area contributed by atoms with Crippen LogP contribution in [0.1, 0.15) is 48.3 Å². The number of carbonyl (C=O) groups excluding carboxylic acids is 5. The lowest BCUT2D eigenvalue weighted by Crippen LogP contribution is -2.60. The number of rotatable bonds is 5. The van der Waals surface area contributed by atoms with E-state index < -0.39 is 65.8 Å². The van der Waals surface area contributed by atoms with Crippen molar-refractivity contribution in [3.63, 3.8) is 0 Å². The number of likely N-dealkylation sites (N-methyl/N-ethyl adjacent to an activating group) is 1. The summed E-state index contributed by atoms with van der Waals surface area (Å²) in [5.41, 5.74) is 1.48. The van der Waals surface area contributed by atoms with Crippen LogP contribution in [0.25, 0.3) is 0 Å². The van der Waals surface area contributed by atoms with Crippen LogP contribution < -0.4 is 36.1 Å². The number of benzene rings is 2. The van der Waals surface area contributed by atoms with Gasteiger partial charge in [0.15, 0.2) is 0 Å². The van der Waals surface area contributed by atoms with Crippen LogP contribution in [0.2, 0.25) is 0 Å². The maximum Gasteiger partial charge on any atom is 0.255 e. The van der Waals surface area contributed by atoms with Crippen molar-refractivity contribution in [1.29, 1.82) is 0 Å². The van der Waals surface area contributed by atoms with Crippen LogP contribution in [0.4, 0.5) is 0 Å². The number of hydrogen-bond donors (Lipinski definition) is 6. The third-order valence-corrected chi connectivity index (χ3v) is 9.25. The topological polar surface area (TPSA) is 218 Å². The highest BCUT2D eigenvalue weighted by Gasteiger charge is 2.38. The van der Waals surface area contributed by atoms with E-state index in [0.717, 1.165) is 5.56 Å². The number of methoxy groups -OCH3 is 1. The summed E-state index contributed by atoms with van der Waals surface area (Å²) in [4.78, 5) is 69.4. The van der Waals surface area contributed by atoms with Gasteiger partial charge in [0, 0.05) is 25.1 Å². The Morgan fingerprint density at radius 3 is 2.43 bits per heavy atom. The molecule has 5 rings (SSSR count). The van der Waals surface area contributed by atoms with Crippen LogP contribution >= 0.6 is 0 Å². The lowest BCUT2D eigenvalue weighted by atomic mass is 10.0. The fourth-order valence-electron chi connectivity index (χ4n) is 6.29. The highest BCUT2D eigenvalue weighted by Crippen LogP contribution is 2.26. The van der Waals surface area contributed by atoms with Crippen molar-refractivity contribution in [1.82, 2.24) is 46.5 Å². The molecule has 17 heteroatoms. The monoisotopic (exact) mass is 733 g/mol. The molecule has 3 aromatic rings. The van der Waals surface area contributed by atoms with E-state index in [4.69, 9.17) is 9.47 Å². The van der Waals surface area contributed by atoms with Gasteiger partial charge in [0.1, 0.15) is 41.9 Å². The molecule has 53 heavy (non-hydrogen) atoms. The molecule has 6 atom stereocenters. The van der Waals surface area contributed by atoms with E-state index in [0.29, 0.717) is 23.7 Å². The Morgan fingerprint density at radius 2 is 1.72 bits per heavy atom. The van der Waals surface area contributed by atoms with Crippen molar-refractivity contribution in [2.45, 2.75) is 82.5 Å². The first kappa shape index (κ1) is 38.7. The molecule has 284 valence electrons. The first-order chi connectivity index (χ1) is 25.4. The maximum absolute atomic E-state index is 13.6. The molecule has 2 aromatic carbocycles. The molecule has 2 aliphatic rings. The van der Waals surface area contributed by atoms with Gasteiger partial charge in [0.2, 0.25) is 23.6 Å². The second kappa shape index (κ2) is 17.8. The molecule has 0 aliphatic carbocycles. The number of likely N-dealkylation sites (tertiary alicyclic amines) is 1. The zero-order chi connectivity index (χ0) is 38.1. The molecular weight excluding hydrogens is 686 g/mol. The zero-order valence-electron chi connectivity index (χ0n) is 30.2. The van der Waals surface area contributed by atoms with Gasteiger partial charge in [-0.2, -0.15) is 0 Å². The number of ether oxygens (including phenoxy) is 2. The quantitative estimate of drug-likeness (QED) is 0.192. The van der Waals surface area contributed by atoms with E-state index in [1.54, 1.807) is 43.3 Å². The Morgan fingerprint density at radius 1 is 0.962 bits per heavy atom. The van der Waals surface area contributed by atoms with Crippen molar-refractivity contribution >= 4 is 29.5 Å². The van der Waals surface area contributed by atoms with Crippen molar-refractivity contribution < 1.29 is 38.6 Å². The zero-order valence-corrected chi connectivity index (χ0v) is 30.2. The summed E-state index contributed by atoms with van der Waals surface area (Å²) < 4.78 is 12.9. The van der Waals surface area contributed by atoms with Crippen molar-refractivity contribution in [3.8, 4) is 11.5 Å². The first-order valence-electron chi connectivity index (χ1n) is 17.6. The molecule has 2 aliphatic heterocycles. The Labute approximate surface area is 307 Å². The standard InChI is InChI=1S/C36H47N9O8/c1-5-27-34(49)41-31(21(2)46)36(51)40-28(15-22-9-7-6-8-10-22)33(48)37-18-24-20-45(43-42-24)13-14-53-30-17-25(52-4)11-12-26(30)32(47)38-23-16-29(35(50)39-27)44(3)19-23/h6-12,17,20-21,23,27-29,31,46H,5,13-16,18-19H2,1-4H3,(H,37,48)(H,38,47)(H,39,50)(H,40,51)(H,41,49)/t21-,23+,27+,28+,29+,31+/m1/s1. The third kappa shape index (κ3) is 10.1. The molecule has 6 N–H and O–H groups in total. The van der Waals surface area contributed by atoms with E-state index in [1.165, 1.54) is 18.7 Å². The molecule has 0 saturated carbocycles. The van der Waals surface area contributed by atoms with Crippen LogP contribution in [0, 0.1) is 0 Å². The number of amides is 5. The molecule has 1 saturated heterocycles. The molecule has 3 heterocycles. The van der Waals surface area contributed by atoms with Gasteiger partial charge in [0.05, 0.1) is 44.1 Å². The normalized spacial score (nSPS) is 24.5. The number of aromatic nitrogens is 3. The van der Waals surface area contributed by atoms with Gasteiger partial charge < -0.3 is 41.2 Å². The number of carbonyl (C=O) groups is 5. The Balaban J connectivity index is 1.41. The van der Waals surface area contributed by atoms with E-state index in [2.05, 4.69) is 36.9 Å². The molecule has 17 nitrogen and oxygen atoms in total. The summed E-state index contributed by atoms with van der Waals surface area (Å²) in [5.74, 6) is -2.04. The number of aliphatic hydroxyl groups excluding tert-OH is 1. The summed E-state index contributed by atoms with van der Waals surface area (Å²) in [6.07, 6.45) is 0.880. The maximum atomic E-state index is 13.6. The van der Waals surface area contributed by atoms with Gasteiger partial charge in [0.25, 0.3) is 5.91 Å². The molecular formula is C36H47N9O8. The second-order valence-corrected chi connectivity index (χ2v) is 13.2. The summed E-state index contributed by atoms with van der Waals surface area (Å²) in [5, 5.41) is 32.6. The largest absolute Gasteiger partial charge is 0.497 e. The van der Waals surface area contributed by atoms with Crippen LogP contribution in [-0.2, 0) is 38.7 Å². The molecule has 0 unspecified atom stereocenters. The fraction of sp³-hybridized carbons (Fsp3) is 0.472. The number of nitrogens with one attached hydrogen (secondary N) is 5. The summed E-state index contributed by atoms with van der Waals surface area (Å²) in [6.45, 7) is 3.80. The van der Waals surface area contributed by atoms with E-state index in [9.17, 15) is 29.1 Å². The van der Waals surface area contributed by atoms with E-state index in [-0.39, 0.29) is 44.5 Å². The number of aliphatic hydroxyl groups is 1. The predicted octanol–water partition coefficient (Wildman–Crippen LogP) is -0.714. The Bertz CT molecular complexity index is 1770. The molecule has 4 bridgehead atoms. The number of hydrogen-bond acceptors (Lipinski definition) is 11. The summed E-state index contributed by atoms with van der Waals surface area (Å²) in [7, 11) is 3.26. The Kier molecular flexibility index (Phi) is 13.0. The van der Waals surface area contributed by atoms with Crippen LogP contribution in [0.15, 0.2) is 54.7 Å². The highest BCUT2D eigenvalue weighted by molar-refractivity contribution is 5.98. The lowest BCUT2D eigenvalue weighted by molar-refractivity contribution is -0.136. The van der Waals surface area contributed by atoms with Gasteiger partial charge >= 0.3 is 0 Å². The summed E-state index contributed by atoms with van der Waals surface area (Å²) in [6, 6.07) is 9.33. The minimum Gasteiger partial charge on any atom is -0.497 e.